The van der Waals surface area contributed by atoms with Crippen LogP contribution >= 0.6 is 0 Å². The Labute approximate surface area is 189 Å². The predicted octanol–water partition coefficient (Wildman–Crippen LogP) is 6.46. The smallest absolute Gasteiger partial charge is 0.229 e. The van der Waals surface area contributed by atoms with Crippen molar-refractivity contribution in [3.8, 4) is 0 Å². The molecule has 32 heavy (non-hydrogen) atoms. The highest BCUT2D eigenvalue weighted by Gasteiger charge is 2.10. The molecule has 0 aliphatic rings. The van der Waals surface area contributed by atoms with Crippen LogP contribution in [0.2, 0.25) is 0 Å². The summed E-state index contributed by atoms with van der Waals surface area (Å²) in [5, 5.41) is 0. The molecule has 1 N–H and O–H groups in total. The van der Waals surface area contributed by atoms with E-state index in [0.29, 0.717) is 16.7 Å². The van der Waals surface area contributed by atoms with E-state index >= 15 is 0 Å². The van der Waals surface area contributed by atoms with Gasteiger partial charge >= 0.3 is 0 Å². The van der Waals surface area contributed by atoms with Crippen LogP contribution in [0.1, 0.15) is 44.0 Å². The molecule has 0 fully saturated rings. The summed E-state index contributed by atoms with van der Waals surface area (Å²) in [7, 11) is -3.56. The molecule has 2 aromatic rings. The van der Waals surface area contributed by atoms with Crippen molar-refractivity contribution in [1.29, 1.82) is 0 Å². The summed E-state index contributed by atoms with van der Waals surface area (Å²) < 4.78 is 53.6. The Kier molecular flexibility index (Phi) is 9.08. The molecule has 0 aliphatic heterocycles. The Balaban J connectivity index is 2.67. The van der Waals surface area contributed by atoms with E-state index in [1.54, 1.807) is 44.3 Å². The topological polar surface area (TPSA) is 59.1 Å². The Bertz CT molecular complexity index is 1180. The van der Waals surface area contributed by atoms with Crippen molar-refractivity contribution in [3.63, 3.8) is 0 Å². The molecule has 0 aliphatic carbocycles. The van der Waals surface area contributed by atoms with Crippen molar-refractivity contribution >= 4 is 27.4 Å². The van der Waals surface area contributed by atoms with Crippen molar-refractivity contribution < 1.29 is 17.2 Å². The van der Waals surface area contributed by atoms with Crippen molar-refractivity contribution in [3.05, 3.63) is 94.9 Å². The first-order valence-corrected chi connectivity index (χ1v) is 12.1. The van der Waals surface area contributed by atoms with Gasteiger partial charge in [0.05, 0.1) is 11.9 Å². The van der Waals surface area contributed by atoms with Crippen LogP contribution in [-0.2, 0) is 16.4 Å². The SMILES string of the molecule is C\C=C/C(F)=C\C(C)=C\C(=C/c1cc(F)cc(NS(C)(=O)=O)c1)c1cccnc1CCC. The first kappa shape index (κ1) is 25.2. The molecule has 1 aromatic heterocycles. The highest BCUT2D eigenvalue weighted by atomic mass is 32.2. The van der Waals surface area contributed by atoms with Crippen LogP contribution in [-0.4, -0.2) is 19.7 Å². The molecule has 170 valence electrons. The molecule has 0 spiro atoms. The lowest BCUT2D eigenvalue weighted by atomic mass is 9.97. The number of hydrogen-bond acceptors (Lipinski definition) is 3. The minimum Gasteiger partial charge on any atom is -0.284 e. The van der Waals surface area contributed by atoms with Gasteiger partial charge in [-0.25, -0.2) is 17.2 Å². The maximum absolute atomic E-state index is 14.2. The Morgan fingerprint density at radius 3 is 2.62 bits per heavy atom. The van der Waals surface area contributed by atoms with Gasteiger partial charge in [-0.15, -0.1) is 0 Å². The van der Waals surface area contributed by atoms with Crippen LogP contribution in [0, 0.1) is 5.82 Å². The van der Waals surface area contributed by atoms with E-state index in [4.69, 9.17) is 0 Å². The second-order valence-corrected chi connectivity index (χ2v) is 9.16. The van der Waals surface area contributed by atoms with Crippen LogP contribution in [0.4, 0.5) is 14.5 Å². The maximum atomic E-state index is 14.2. The molecular weight excluding hydrogens is 430 g/mol. The largest absolute Gasteiger partial charge is 0.284 e. The fourth-order valence-corrected chi connectivity index (χ4v) is 3.74. The molecule has 0 amide bonds. The van der Waals surface area contributed by atoms with E-state index in [0.717, 1.165) is 36.4 Å². The van der Waals surface area contributed by atoms with E-state index in [1.165, 1.54) is 18.2 Å². The highest BCUT2D eigenvalue weighted by Crippen LogP contribution is 2.27. The van der Waals surface area contributed by atoms with E-state index in [9.17, 15) is 17.2 Å². The number of anilines is 1. The first-order chi connectivity index (χ1) is 15.1. The molecule has 7 heteroatoms. The van der Waals surface area contributed by atoms with Gasteiger partial charge in [-0.2, -0.15) is 0 Å². The number of nitrogens with zero attached hydrogens (tertiary/aromatic N) is 1. The van der Waals surface area contributed by atoms with Gasteiger partial charge in [-0.05, 0) is 79.5 Å². The van der Waals surface area contributed by atoms with Crippen LogP contribution in [0.5, 0.6) is 0 Å². The number of benzene rings is 1. The van der Waals surface area contributed by atoms with Gasteiger partial charge in [-0.3, -0.25) is 9.71 Å². The maximum Gasteiger partial charge on any atom is 0.229 e. The lowest BCUT2D eigenvalue weighted by Gasteiger charge is -2.11. The summed E-state index contributed by atoms with van der Waals surface area (Å²) in [5.74, 6) is -0.963. The standard InChI is InChI=1S/C25H28F2N2O2S/c1-5-8-21(26)13-18(3)12-20(24-10-7-11-28-25(24)9-6-2)14-19-15-22(27)17-23(16-19)29-32(4,30)31/h5,7-8,10-17,29H,6,9H2,1-4H3/b8-5-,18-12+,20-14+,21-13+. The van der Waals surface area contributed by atoms with Crippen molar-refractivity contribution in [2.75, 3.05) is 11.0 Å². The summed E-state index contributed by atoms with van der Waals surface area (Å²) in [6, 6.07) is 7.68. The van der Waals surface area contributed by atoms with Crippen molar-refractivity contribution in [1.82, 2.24) is 4.98 Å². The number of halogens is 2. The second-order valence-electron chi connectivity index (χ2n) is 7.41. The van der Waals surface area contributed by atoms with Gasteiger partial charge in [0.15, 0.2) is 0 Å². The quantitative estimate of drug-likeness (QED) is 0.439. The number of sulfonamides is 1. The van der Waals surface area contributed by atoms with Gasteiger partial charge in [0, 0.05) is 17.5 Å². The summed E-state index contributed by atoms with van der Waals surface area (Å²) in [6.07, 6.45) is 12.3. The zero-order chi connectivity index (χ0) is 23.7. The molecule has 0 bridgehead atoms. The molecule has 0 saturated carbocycles. The third-order valence-corrected chi connectivity index (χ3v) is 4.91. The molecule has 0 atom stereocenters. The van der Waals surface area contributed by atoms with E-state index in [-0.39, 0.29) is 11.5 Å². The zero-order valence-corrected chi connectivity index (χ0v) is 19.5. The van der Waals surface area contributed by atoms with Crippen LogP contribution in [0.3, 0.4) is 0 Å². The molecule has 1 heterocycles. The van der Waals surface area contributed by atoms with Gasteiger partial charge < -0.3 is 0 Å². The Morgan fingerprint density at radius 1 is 1.22 bits per heavy atom. The minimum atomic E-state index is -3.56. The summed E-state index contributed by atoms with van der Waals surface area (Å²) >= 11 is 0. The van der Waals surface area contributed by atoms with E-state index in [1.807, 2.05) is 19.1 Å². The fourth-order valence-electron chi connectivity index (χ4n) is 3.19. The minimum absolute atomic E-state index is 0.123. The van der Waals surface area contributed by atoms with Gasteiger partial charge in [0.2, 0.25) is 10.0 Å². The fraction of sp³-hybridized carbons (Fsp3) is 0.240. The number of nitrogens with one attached hydrogen (secondary N) is 1. The summed E-state index contributed by atoms with van der Waals surface area (Å²) in [5.41, 5.74) is 3.66. The Morgan fingerprint density at radius 2 is 1.97 bits per heavy atom. The number of rotatable bonds is 9. The van der Waals surface area contributed by atoms with E-state index < -0.39 is 15.8 Å². The highest BCUT2D eigenvalue weighted by molar-refractivity contribution is 7.92. The number of pyridine rings is 1. The monoisotopic (exact) mass is 458 g/mol. The second kappa shape index (κ2) is 11.5. The third-order valence-electron chi connectivity index (χ3n) is 4.31. The summed E-state index contributed by atoms with van der Waals surface area (Å²) in [4.78, 5) is 4.48. The van der Waals surface area contributed by atoms with E-state index in [2.05, 4.69) is 9.71 Å². The molecule has 0 saturated heterocycles. The summed E-state index contributed by atoms with van der Waals surface area (Å²) in [6.45, 7) is 5.55. The lowest BCUT2D eigenvalue weighted by molar-refractivity contribution is 0.606. The number of aryl methyl sites for hydroxylation is 1. The molecule has 1 aromatic carbocycles. The first-order valence-electron chi connectivity index (χ1n) is 10.2. The van der Waals surface area contributed by atoms with Gasteiger partial charge in [0.25, 0.3) is 0 Å². The molecule has 0 radical (unpaired) electrons. The lowest BCUT2D eigenvalue weighted by Crippen LogP contribution is -2.09. The predicted molar refractivity (Wildman–Crippen MR) is 129 cm³/mol. The number of aromatic nitrogens is 1. The van der Waals surface area contributed by atoms with Crippen LogP contribution in [0.25, 0.3) is 11.6 Å². The third kappa shape index (κ3) is 8.23. The average Bonchev–Trinajstić information content (AvgIpc) is 2.66. The van der Waals surface area contributed by atoms with Crippen molar-refractivity contribution in [2.45, 2.75) is 33.6 Å². The molecule has 0 unspecified atom stereocenters. The van der Waals surface area contributed by atoms with Gasteiger partial charge in [-0.1, -0.05) is 31.6 Å². The van der Waals surface area contributed by atoms with Crippen LogP contribution in [0.15, 0.2) is 72.2 Å². The normalized spacial score (nSPS) is 13.6. The van der Waals surface area contributed by atoms with Gasteiger partial charge in [0.1, 0.15) is 11.6 Å². The van der Waals surface area contributed by atoms with Crippen molar-refractivity contribution in [2.24, 2.45) is 0 Å². The van der Waals surface area contributed by atoms with Crippen LogP contribution < -0.4 is 4.72 Å². The molecule has 4 nitrogen and oxygen atoms in total. The molecule has 2 rings (SSSR count). The number of allylic oxidation sites excluding steroid dienone is 7. The molecular formula is C25H28F2N2O2S. The average molecular weight is 459 g/mol. The number of hydrogen-bond donors (Lipinski definition) is 1. The Hall–Kier alpha value is -3.06. The zero-order valence-electron chi connectivity index (χ0n) is 18.7.